The number of para-hydroxylation sites is 1. The van der Waals surface area contributed by atoms with Crippen molar-refractivity contribution in [1.29, 1.82) is 0 Å². The van der Waals surface area contributed by atoms with Gasteiger partial charge in [-0.05, 0) is 37.3 Å². The van der Waals surface area contributed by atoms with E-state index in [-0.39, 0.29) is 5.56 Å². The molecule has 0 aliphatic heterocycles. The highest BCUT2D eigenvalue weighted by atomic mass is 35.5. The van der Waals surface area contributed by atoms with Crippen molar-refractivity contribution in [3.05, 3.63) is 63.7 Å². The summed E-state index contributed by atoms with van der Waals surface area (Å²) in [6, 6.07) is 13.3. The molecule has 3 heterocycles. The van der Waals surface area contributed by atoms with E-state index in [0.717, 1.165) is 25.9 Å². The van der Waals surface area contributed by atoms with E-state index in [0.29, 0.717) is 28.5 Å². The molecular formula is C19H14ClN5OS2. The van der Waals surface area contributed by atoms with Gasteiger partial charge in [-0.3, -0.25) is 13.8 Å². The third-order valence-corrected chi connectivity index (χ3v) is 6.96. The summed E-state index contributed by atoms with van der Waals surface area (Å²) < 4.78 is 5.67. The summed E-state index contributed by atoms with van der Waals surface area (Å²) in [5.41, 5.74) is 1.68. The van der Waals surface area contributed by atoms with Crippen molar-refractivity contribution in [3.63, 3.8) is 0 Å². The number of fused-ring (bicyclic) bond motifs is 4. The molecule has 2 aromatic carbocycles. The molecule has 0 N–H and O–H groups in total. The molecule has 3 aromatic heterocycles. The lowest BCUT2D eigenvalue weighted by atomic mass is 10.2. The van der Waals surface area contributed by atoms with E-state index in [1.165, 1.54) is 0 Å². The fourth-order valence-corrected chi connectivity index (χ4v) is 5.39. The molecule has 0 saturated carbocycles. The predicted molar refractivity (Wildman–Crippen MR) is 115 cm³/mol. The minimum Gasteiger partial charge on any atom is -0.277 e. The maximum atomic E-state index is 12.7. The Kier molecular flexibility index (Phi) is 4.34. The van der Waals surface area contributed by atoms with Crippen LogP contribution in [0.25, 0.3) is 26.9 Å². The number of nitrogens with zero attached hydrogens (tertiary/aromatic N) is 5. The Morgan fingerprint density at radius 2 is 2.04 bits per heavy atom. The Hall–Kier alpha value is -2.42. The van der Waals surface area contributed by atoms with Crippen molar-refractivity contribution < 1.29 is 0 Å². The van der Waals surface area contributed by atoms with E-state index in [9.17, 15) is 4.79 Å². The Balaban J connectivity index is 1.59. The number of aryl methyl sites for hydroxylation is 1. The third-order valence-electron chi connectivity index (χ3n) is 4.55. The number of thioether (sulfide) groups is 1. The summed E-state index contributed by atoms with van der Waals surface area (Å²) in [5, 5.41) is 10.0. The zero-order chi connectivity index (χ0) is 19.3. The number of halogens is 1. The number of benzene rings is 2. The van der Waals surface area contributed by atoms with Crippen LogP contribution < -0.4 is 5.56 Å². The van der Waals surface area contributed by atoms with Gasteiger partial charge in [0, 0.05) is 11.6 Å². The lowest BCUT2D eigenvalue weighted by Crippen LogP contribution is -2.22. The lowest BCUT2D eigenvalue weighted by Gasteiger charge is -2.09. The largest absolute Gasteiger partial charge is 0.277 e. The highest BCUT2D eigenvalue weighted by Crippen LogP contribution is 2.32. The topological polar surface area (TPSA) is 65.1 Å². The van der Waals surface area contributed by atoms with Crippen LogP contribution in [0.3, 0.4) is 0 Å². The van der Waals surface area contributed by atoms with Crippen molar-refractivity contribution in [2.75, 3.05) is 0 Å². The fourth-order valence-electron chi connectivity index (χ4n) is 3.26. The number of hydrogen-bond donors (Lipinski definition) is 0. The van der Waals surface area contributed by atoms with Gasteiger partial charge in [-0.2, -0.15) is 0 Å². The van der Waals surface area contributed by atoms with Crippen molar-refractivity contribution >= 4 is 61.6 Å². The van der Waals surface area contributed by atoms with Crippen LogP contribution in [-0.2, 0) is 12.3 Å². The van der Waals surface area contributed by atoms with Gasteiger partial charge < -0.3 is 0 Å². The Bertz CT molecular complexity index is 1400. The van der Waals surface area contributed by atoms with Crippen LogP contribution >= 0.6 is 34.7 Å². The van der Waals surface area contributed by atoms with E-state index >= 15 is 0 Å². The van der Waals surface area contributed by atoms with Crippen LogP contribution in [0.2, 0.25) is 5.02 Å². The second-order valence-corrected chi connectivity index (χ2v) is 8.89. The predicted octanol–water partition coefficient (Wildman–Crippen LogP) is 4.62. The smallest absolute Gasteiger partial charge is 0.262 e. The maximum absolute atomic E-state index is 12.7. The van der Waals surface area contributed by atoms with E-state index in [1.54, 1.807) is 27.7 Å². The summed E-state index contributed by atoms with van der Waals surface area (Å²) in [6.45, 7) is 2.47. The minimum atomic E-state index is -0.0414. The molecule has 0 fully saturated rings. The van der Waals surface area contributed by atoms with Gasteiger partial charge in [-0.15, -0.1) is 21.5 Å². The van der Waals surface area contributed by atoms with Gasteiger partial charge in [0.25, 0.3) is 5.56 Å². The second-order valence-electron chi connectivity index (χ2n) is 6.20. The van der Waals surface area contributed by atoms with Crippen molar-refractivity contribution in [2.24, 2.45) is 0 Å². The second kappa shape index (κ2) is 6.88. The first-order valence-corrected chi connectivity index (χ1v) is 10.9. The highest BCUT2D eigenvalue weighted by Gasteiger charge is 2.16. The van der Waals surface area contributed by atoms with Gasteiger partial charge in [-0.1, -0.05) is 35.5 Å². The molecule has 0 aliphatic rings. The summed E-state index contributed by atoms with van der Waals surface area (Å²) in [7, 11) is 0. The van der Waals surface area contributed by atoms with E-state index in [1.807, 2.05) is 53.8 Å². The average molecular weight is 428 g/mol. The zero-order valence-electron chi connectivity index (χ0n) is 14.8. The lowest BCUT2D eigenvalue weighted by molar-refractivity contribution is 0.735. The van der Waals surface area contributed by atoms with Crippen LogP contribution in [0, 0.1) is 0 Å². The SMILES string of the molecule is CCn1c(=O)c2ccccc2n2c(CSc3nc4cc(Cl)ccc4s3)nnc12. The van der Waals surface area contributed by atoms with Gasteiger partial charge in [0.2, 0.25) is 5.78 Å². The molecule has 6 nitrogen and oxygen atoms in total. The monoisotopic (exact) mass is 427 g/mol. The molecule has 0 aliphatic carbocycles. The van der Waals surface area contributed by atoms with Gasteiger partial charge in [0.05, 0.1) is 26.9 Å². The first kappa shape index (κ1) is 17.7. The number of hydrogen-bond acceptors (Lipinski definition) is 6. The van der Waals surface area contributed by atoms with E-state index in [4.69, 9.17) is 11.6 Å². The molecule has 5 rings (SSSR count). The Morgan fingerprint density at radius 3 is 2.89 bits per heavy atom. The summed E-state index contributed by atoms with van der Waals surface area (Å²) in [5.74, 6) is 1.95. The molecule has 9 heteroatoms. The van der Waals surface area contributed by atoms with Gasteiger partial charge in [0.15, 0.2) is 4.34 Å². The van der Waals surface area contributed by atoms with Crippen molar-refractivity contribution in [3.8, 4) is 0 Å². The zero-order valence-corrected chi connectivity index (χ0v) is 17.2. The average Bonchev–Trinajstić information content (AvgIpc) is 3.30. The molecule has 0 unspecified atom stereocenters. The molecule has 0 radical (unpaired) electrons. The quantitative estimate of drug-likeness (QED) is 0.391. The molecule has 0 saturated heterocycles. The van der Waals surface area contributed by atoms with Gasteiger partial charge >= 0.3 is 0 Å². The maximum Gasteiger partial charge on any atom is 0.262 e. The normalized spacial score (nSPS) is 11.8. The molecule has 5 aromatic rings. The first-order chi connectivity index (χ1) is 13.7. The van der Waals surface area contributed by atoms with Crippen molar-refractivity contribution in [2.45, 2.75) is 23.6 Å². The first-order valence-electron chi connectivity index (χ1n) is 8.70. The number of rotatable bonds is 4. The molecule has 0 bridgehead atoms. The van der Waals surface area contributed by atoms with Gasteiger partial charge in [-0.25, -0.2) is 4.98 Å². The number of aromatic nitrogens is 5. The Labute approximate surface area is 172 Å². The summed E-state index contributed by atoms with van der Waals surface area (Å²) in [6.07, 6.45) is 0. The van der Waals surface area contributed by atoms with Crippen LogP contribution in [0.4, 0.5) is 0 Å². The molecule has 0 spiro atoms. The molecule has 140 valence electrons. The third kappa shape index (κ3) is 2.80. The fraction of sp³-hybridized carbons (Fsp3) is 0.158. The summed E-state index contributed by atoms with van der Waals surface area (Å²) in [4.78, 5) is 17.4. The standard InChI is InChI=1S/C19H14ClN5OS2/c1-2-24-17(26)12-5-3-4-6-14(12)25-16(22-23-18(24)25)10-27-19-21-13-9-11(20)7-8-15(13)28-19/h3-9H,2,10H2,1H3. The molecular weight excluding hydrogens is 414 g/mol. The van der Waals surface area contributed by atoms with E-state index in [2.05, 4.69) is 15.2 Å². The van der Waals surface area contributed by atoms with Crippen LogP contribution in [0.5, 0.6) is 0 Å². The molecule has 0 amide bonds. The van der Waals surface area contributed by atoms with Crippen LogP contribution in [-0.4, -0.2) is 24.1 Å². The van der Waals surface area contributed by atoms with E-state index < -0.39 is 0 Å². The highest BCUT2D eigenvalue weighted by molar-refractivity contribution is 8.00. The number of thiazole rings is 1. The molecule has 0 atom stereocenters. The van der Waals surface area contributed by atoms with Crippen LogP contribution in [0.15, 0.2) is 51.6 Å². The Morgan fingerprint density at radius 1 is 1.18 bits per heavy atom. The molecule has 28 heavy (non-hydrogen) atoms. The van der Waals surface area contributed by atoms with Crippen LogP contribution in [0.1, 0.15) is 12.7 Å². The van der Waals surface area contributed by atoms with Gasteiger partial charge in [0.1, 0.15) is 5.82 Å². The summed E-state index contributed by atoms with van der Waals surface area (Å²) >= 11 is 9.29. The minimum absolute atomic E-state index is 0.0414. The van der Waals surface area contributed by atoms with Crippen molar-refractivity contribution in [1.82, 2.24) is 24.1 Å².